The van der Waals surface area contributed by atoms with Crippen molar-refractivity contribution in [3.63, 3.8) is 0 Å². The summed E-state index contributed by atoms with van der Waals surface area (Å²) in [5, 5.41) is 13.0. The van der Waals surface area contributed by atoms with Crippen molar-refractivity contribution in [1.29, 1.82) is 0 Å². The summed E-state index contributed by atoms with van der Waals surface area (Å²) in [4.78, 5) is 13.3. The third kappa shape index (κ3) is 1.85. The van der Waals surface area contributed by atoms with E-state index < -0.39 is 0 Å². The van der Waals surface area contributed by atoms with Crippen LogP contribution >= 0.6 is 0 Å². The Morgan fingerprint density at radius 2 is 1.83 bits per heavy atom. The summed E-state index contributed by atoms with van der Waals surface area (Å²) in [6, 6.07) is 9.40. The van der Waals surface area contributed by atoms with E-state index in [4.69, 9.17) is 0 Å². The molecule has 4 rings (SSSR count). The minimum Gasteiger partial charge on any atom is -0.506 e. The number of carbonyl (C=O) groups excluding carboxylic acids is 1. The van der Waals surface area contributed by atoms with Gasteiger partial charge < -0.3 is 10.4 Å². The van der Waals surface area contributed by atoms with Crippen LogP contribution in [0.1, 0.15) is 11.1 Å². The second-order valence-corrected chi connectivity index (χ2v) is 5.69. The van der Waals surface area contributed by atoms with E-state index in [1.165, 1.54) is 6.08 Å². The van der Waals surface area contributed by atoms with Gasteiger partial charge in [-0.15, -0.1) is 14.1 Å². The molecule has 116 valence electrons. The molecule has 4 aromatic rings. The van der Waals surface area contributed by atoms with Crippen LogP contribution in [0.4, 0.5) is 5.69 Å². The van der Waals surface area contributed by atoms with E-state index in [1.54, 1.807) is 6.07 Å². The lowest BCUT2D eigenvalue weighted by atomic mass is 10.1. The fourth-order valence-electron chi connectivity index (χ4n) is 2.76. The topological polar surface area (TPSA) is 63.1 Å². The predicted molar refractivity (Wildman–Crippen MR) is 88.8 cm³/mol. The molecule has 0 unspecified atom stereocenters. The minimum absolute atomic E-state index is 0.240. The zero-order valence-electron chi connectivity index (χ0n) is 12.9. The second kappa shape index (κ2) is 4.42. The third-order valence-electron chi connectivity index (χ3n) is 4.17. The third-order valence-corrected chi connectivity index (χ3v) is 4.17. The molecule has 6 nitrogen and oxygen atoms in total. The maximum Gasteiger partial charge on any atom is 0.247 e. The number of aryl methyl sites for hydroxylation is 2. The standard InChI is InChI=1S/C17H16N4O2/c1-4-17(23)18-12-5-6-13-14(9-12)20-19(13)21(20)15-7-10(2)11(3)8-16(15)22/h4-9,22H,1H2,2-3H3,(H,18,23). The Bertz CT molecular complexity index is 1060. The van der Waals surface area contributed by atoms with E-state index in [2.05, 4.69) is 11.9 Å². The molecule has 0 bridgehead atoms. The molecule has 1 amide bonds. The van der Waals surface area contributed by atoms with Gasteiger partial charge in [0.05, 0.1) is 0 Å². The molecule has 0 aliphatic heterocycles. The summed E-state index contributed by atoms with van der Waals surface area (Å²) in [6.45, 7) is 7.43. The highest BCUT2D eigenvalue weighted by Gasteiger charge is 2.26. The molecular formula is C17H16N4O2. The van der Waals surface area contributed by atoms with Crippen molar-refractivity contribution in [2.75, 3.05) is 5.32 Å². The van der Waals surface area contributed by atoms with Crippen LogP contribution in [-0.4, -0.2) is 25.1 Å². The maximum atomic E-state index is 11.4. The van der Waals surface area contributed by atoms with Crippen LogP contribution in [0.5, 0.6) is 5.75 Å². The number of phenolic OH excluding ortho intramolecular Hbond substituents is 1. The largest absolute Gasteiger partial charge is 0.506 e. The molecule has 23 heavy (non-hydrogen) atoms. The number of aromatic nitrogens is 3. The number of carbonyl (C=O) groups is 1. The van der Waals surface area contributed by atoms with Gasteiger partial charge in [-0.2, -0.15) is 0 Å². The van der Waals surface area contributed by atoms with Crippen LogP contribution in [-0.2, 0) is 4.79 Å². The monoisotopic (exact) mass is 308 g/mol. The van der Waals surface area contributed by atoms with Crippen molar-refractivity contribution in [3.05, 3.63) is 54.1 Å². The van der Waals surface area contributed by atoms with E-state index >= 15 is 0 Å². The summed E-state index contributed by atoms with van der Waals surface area (Å²) in [5.41, 5.74) is 5.63. The number of hydrogen-bond acceptors (Lipinski definition) is 2. The molecule has 2 heterocycles. The van der Waals surface area contributed by atoms with Gasteiger partial charge in [0, 0.05) is 5.69 Å². The van der Waals surface area contributed by atoms with Gasteiger partial charge in [-0.1, -0.05) is 6.58 Å². The quantitative estimate of drug-likeness (QED) is 0.572. The van der Waals surface area contributed by atoms with Crippen molar-refractivity contribution in [3.8, 4) is 11.4 Å². The Morgan fingerprint density at radius 3 is 2.57 bits per heavy atom. The van der Waals surface area contributed by atoms with Gasteiger partial charge in [0.1, 0.15) is 22.5 Å². The molecule has 0 spiro atoms. The molecular weight excluding hydrogens is 292 g/mol. The fraction of sp³-hybridized carbons (Fsp3) is 0.118. The van der Waals surface area contributed by atoms with E-state index in [1.807, 2.05) is 52.2 Å². The second-order valence-electron chi connectivity index (χ2n) is 5.69. The summed E-state index contributed by atoms with van der Waals surface area (Å²) in [7, 11) is 0. The summed E-state index contributed by atoms with van der Waals surface area (Å²) in [5.74, 6) is 0.00387. The molecule has 2 N–H and O–H groups in total. The van der Waals surface area contributed by atoms with Crippen LogP contribution in [0, 0.1) is 13.8 Å². The Labute approximate surface area is 132 Å². The lowest BCUT2D eigenvalue weighted by molar-refractivity contribution is -0.111. The number of benzene rings is 2. The van der Waals surface area contributed by atoms with Gasteiger partial charge in [0.2, 0.25) is 5.91 Å². The van der Waals surface area contributed by atoms with Crippen molar-refractivity contribution < 1.29 is 9.90 Å². The van der Waals surface area contributed by atoms with Crippen LogP contribution in [0.25, 0.3) is 16.7 Å². The molecule has 6 heteroatoms. The zero-order chi connectivity index (χ0) is 16.3. The highest BCUT2D eigenvalue weighted by molar-refractivity contribution is 6.00. The van der Waals surface area contributed by atoms with Gasteiger partial charge in [-0.05, 0) is 61.4 Å². The molecule has 0 radical (unpaired) electrons. The van der Waals surface area contributed by atoms with Crippen LogP contribution in [0.3, 0.4) is 0 Å². The molecule has 2 aromatic carbocycles. The van der Waals surface area contributed by atoms with Gasteiger partial charge in [-0.3, -0.25) is 4.79 Å². The molecule has 0 saturated carbocycles. The summed E-state index contributed by atoms with van der Waals surface area (Å²) < 4.78 is 3.89. The summed E-state index contributed by atoms with van der Waals surface area (Å²) in [6.07, 6.45) is 1.24. The van der Waals surface area contributed by atoms with E-state index in [0.717, 1.165) is 27.8 Å². The Morgan fingerprint density at radius 1 is 1.13 bits per heavy atom. The molecule has 2 aromatic heterocycles. The van der Waals surface area contributed by atoms with Crippen molar-refractivity contribution in [2.45, 2.75) is 13.8 Å². The van der Waals surface area contributed by atoms with Crippen LogP contribution < -0.4 is 5.32 Å². The van der Waals surface area contributed by atoms with Crippen molar-refractivity contribution in [1.82, 2.24) is 14.1 Å². The molecule has 0 saturated heterocycles. The Kier molecular flexibility index (Phi) is 2.60. The minimum atomic E-state index is -0.240. The van der Waals surface area contributed by atoms with Gasteiger partial charge in [-0.25, -0.2) is 0 Å². The van der Waals surface area contributed by atoms with Crippen LogP contribution in [0.2, 0.25) is 0 Å². The molecule has 0 fully saturated rings. The average Bonchev–Trinajstić information content (AvgIpc) is 3.17. The highest BCUT2D eigenvalue weighted by Crippen LogP contribution is 2.33. The summed E-state index contributed by atoms with van der Waals surface area (Å²) >= 11 is 0. The number of hydrogen-bond donors (Lipinski definition) is 2. The fourth-order valence-corrected chi connectivity index (χ4v) is 2.76. The first-order valence-electron chi connectivity index (χ1n) is 7.29. The van der Waals surface area contributed by atoms with E-state index in [0.29, 0.717) is 5.69 Å². The average molecular weight is 308 g/mol. The zero-order valence-corrected chi connectivity index (χ0v) is 12.9. The maximum absolute atomic E-state index is 11.4. The number of fused-ring (bicyclic) bond motifs is 4. The first kappa shape index (κ1) is 13.5. The van der Waals surface area contributed by atoms with E-state index in [9.17, 15) is 9.90 Å². The smallest absolute Gasteiger partial charge is 0.247 e. The number of aromatic hydroxyl groups is 1. The molecule has 0 aliphatic carbocycles. The van der Waals surface area contributed by atoms with Crippen LogP contribution in [0.15, 0.2) is 43.0 Å². The number of nitrogens with one attached hydrogen (secondary N) is 1. The number of phenols is 1. The van der Waals surface area contributed by atoms with Gasteiger partial charge in [0.25, 0.3) is 0 Å². The van der Waals surface area contributed by atoms with Crippen molar-refractivity contribution in [2.24, 2.45) is 0 Å². The number of nitrogens with zero attached hydrogens (tertiary/aromatic N) is 3. The predicted octanol–water partition coefficient (Wildman–Crippen LogP) is 2.87. The number of rotatable bonds is 3. The highest BCUT2D eigenvalue weighted by atomic mass is 16.3. The number of anilines is 1. The van der Waals surface area contributed by atoms with Gasteiger partial charge >= 0.3 is 0 Å². The van der Waals surface area contributed by atoms with Gasteiger partial charge in [0.15, 0.2) is 0 Å². The molecule has 0 atom stereocenters. The van der Waals surface area contributed by atoms with E-state index in [-0.39, 0.29) is 11.7 Å². The lowest BCUT2D eigenvalue weighted by Crippen LogP contribution is -2.07. The normalized spacial score (nSPS) is 11.6. The first-order valence-corrected chi connectivity index (χ1v) is 7.29. The Hall–Kier alpha value is -3.15. The van der Waals surface area contributed by atoms with Crippen molar-refractivity contribution >= 4 is 22.6 Å². The Balaban J connectivity index is 1.79. The molecule has 0 aliphatic rings. The first-order chi connectivity index (χ1) is 11.0. The number of amides is 1. The SMILES string of the molecule is C=CC(=O)Nc1ccc2c(c1)n1n(-c3cc(C)c(C)cc3O)n21. The lowest BCUT2D eigenvalue weighted by Gasteiger charge is -2.03.